The lowest BCUT2D eigenvalue weighted by Gasteiger charge is -2.21. The van der Waals surface area contributed by atoms with Crippen molar-refractivity contribution in [1.29, 1.82) is 0 Å². The minimum absolute atomic E-state index is 0.107. The van der Waals surface area contributed by atoms with Crippen LogP contribution in [-0.2, 0) is 65.4 Å². The number of hydrogen-bond donors (Lipinski definition) is 3. The van der Waals surface area contributed by atoms with Crippen molar-refractivity contribution in [1.82, 2.24) is 0 Å². The van der Waals surface area contributed by atoms with Crippen LogP contribution in [0.2, 0.25) is 0 Å². The van der Waals surface area contributed by atoms with Crippen LogP contribution in [-0.4, -0.2) is 96.7 Å². The molecule has 564 valence electrons. The molecule has 0 aliphatic rings. The number of ether oxygens (including phenoxy) is 4. The zero-order valence-corrected chi connectivity index (χ0v) is 63.6. The molecule has 0 aliphatic carbocycles. The van der Waals surface area contributed by atoms with E-state index in [1.54, 1.807) is 0 Å². The minimum Gasteiger partial charge on any atom is -0.462 e. The molecule has 5 atom stereocenters. The summed E-state index contributed by atoms with van der Waals surface area (Å²) in [5.74, 6) is -1.41. The van der Waals surface area contributed by atoms with Crippen molar-refractivity contribution in [3.8, 4) is 0 Å². The van der Waals surface area contributed by atoms with Gasteiger partial charge in [0.2, 0.25) is 0 Å². The van der Waals surface area contributed by atoms with Gasteiger partial charge in [0.15, 0.2) is 12.2 Å². The Morgan fingerprint density at radius 1 is 0.284 bits per heavy atom. The molecule has 0 aliphatic heterocycles. The molecule has 95 heavy (non-hydrogen) atoms. The van der Waals surface area contributed by atoms with Crippen LogP contribution in [0, 0.1) is 5.92 Å². The zero-order valence-electron chi connectivity index (χ0n) is 61.8. The van der Waals surface area contributed by atoms with Crippen LogP contribution in [0.25, 0.3) is 0 Å². The summed E-state index contributed by atoms with van der Waals surface area (Å²) in [6, 6.07) is 0. The Hall–Kier alpha value is -1.94. The van der Waals surface area contributed by atoms with Gasteiger partial charge in [-0.25, -0.2) is 9.13 Å². The van der Waals surface area contributed by atoms with Crippen LogP contribution >= 0.6 is 15.6 Å². The Morgan fingerprint density at radius 3 is 0.716 bits per heavy atom. The molecule has 0 aromatic rings. The van der Waals surface area contributed by atoms with Crippen molar-refractivity contribution < 1.29 is 80.2 Å². The predicted molar refractivity (Wildman–Crippen MR) is 386 cm³/mol. The molecule has 0 saturated heterocycles. The van der Waals surface area contributed by atoms with E-state index >= 15 is 0 Å². The number of carbonyl (C=O) groups is 4. The highest BCUT2D eigenvalue weighted by Crippen LogP contribution is 2.45. The van der Waals surface area contributed by atoms with Crippen LogP contribution < -0.4 is 0 Å². The lowest BCUT2D eigenvalue weighted by molar-refractivity contribution is -0.161. The largest absolute Gasteiger partial charge is 0.472 e. The number of aliphatic hydroxyl groups is 1. The van der Waals surface area contributed by atoms with Crippen molar-refractivity contribution in [2.24, 2.45) is 5.92 Å². The molecule has 0 spiro atoms. The topological polar surface area (TPSA) is 237 Å². The zero-order chi connectivity index (χ0) is 69.8. The third-order valence-corrected chi connectivity index (χ3v) is 19.7. The maximum atomic E-state index is 13.1. The van der Waals surface area contributed by atoms with Gasteiger partial charge in [-0.05, 0) is 31.6 Å². The Morgan fingerprint density at radius 2 is 0.484 bits per heavy atom. The summed E-state index contributed by atoms with van der Waals surface area (Å²) in [4.78, 5) is 72.8. The summed E-state index contributed by atoms with van der Waals surface area (Å²) >= 11 is 0. The maximum Gasteiger partial charge on any atom is 0.472 e. The van der Waals surface area contributed by atoms with Gasteiger partial charge in [0.05, 0.1) is 26.4 Å². The van der Waals surface area contributed by atoms with Crippen LogP contribution in [0.3, 0.4) is 0 Å². The van der Waals surface area contributed by atoms with E-state index < -0.39 is 97.5 Å². The normalized spacial score (nSPS) is 13.9. The highest BCUT2D eigenvalue weighted by molar-refractivity contribution is 7.47. The number of esters is 4. The summed E-state index contributed by atoms with van der Waals surface area (Å²) in [5, 5.41) is 10.6. The average molecular weight is 1400 g/mol. The molecule has 19 heteroatoms. The van der Waals surface area contributed by atoms with E-state index in [1.165, 1.54) is 218 Å². The maximum absolute atomic E-state index is 13.1. The van der Waals surface area contributed by atoms with E-state index in [0.717, 1.165) is 96.3 Å². The van der Waals surface area contributed by atoms with Gasteiger partial charge in [-0.2, -0.15) is 0 Å². The fourth-order valence-electron chi connectivity index (χ4n) is 11.7. The monoisotopic (exact) mass is 1400 g/mol. The van der Waals surface area contributed by atoms with Gasteiger partial charge in [0.25, 0.3) is 0 Å². The van der Waals surface area contributed by atoms with Crippen molar-refractivity contribution in [2.75, 3.05) is 39.6 Å². The first-order chi connectivity index (χ1) is 46.0. The second-order valence-corrected chi connectivity index (χ2v) is 30.8. The first kappa shape index (κ1) is 93.1. The van der Waals surface area contributed by atoms with E-state index in [0.29, 0.717) is 31.6 Å². The fraction of sp³-hybridized carbons (Fsp3) is 0.947. The number of carbonyl (C=O) groups excluding carboxylic acids is 4. The van der Waals surface area contributed by atoms with Crippen LogP contribution in [0.15, 0.2) is 0 Å². The summed E-state index contributed by atoms with van der Waals surface area (Å²) in [5.41, 5.74) is 0. The number of phosphoric ester groups is 2. The number of rotatable bonds is 76. The number of hydrogen-bond acceptors (Lipinski definition) is 15. The lowest BCUT2D eigenvalue weighted by Crippen LogP contribution is -2.30. The molecule has 2 unspecified atom stereocenters. The molecule has 0 rings (SSSR count). The minimum atomic E-state index is -4.96. The summed E-state index contributed by atoms with van der Waals surface area (Å²) in [6.07, 6.45) is 58.3. The van der Waals surface area contributed by atoms with Gasteiger partial charge in [-0.15, -0.1) is 0 Å². The highest BCUT2D eigenvalue weighted by Gasteiger charge is 2.30. The standard InChI is InChI=1S/C76H148O17P2/c1-6-9-12-15-18-21-24-27-28-29-30-31-32-35-38-41-46-52-57-62-76(81)92-71(65-86-73(78)59-54-49-44-39-36-33-25-22-19-16-13-10-7-2)67-90-94(82,83)88-63-70(77)64-89-95(84,85)91-68-72(66-87-74(79)60-55-50-47-42-43-48-53-58-69(4)5)93-75(80)61-56-51-45-40-37-34-26-23-20-17-14-11-8-3/h69-72,77H,6-68H2,1-5H3,(H,82,83)(H,84,85)/t70-,71-,72-/m1/s1. The van der Waals surface area contributed by atoms with Gasteiger partial charge >= 0.3 is 39.5 Å². The third-order valence-electron chi connectivity index (χ3n) is 17.8. The lowest BCUT2D eigenvalue weighted by atomic mass is 10.0. The Labute approximate surface area is 581 Å². The van der Waals surface area contributed by atoms with Crippen LogP contribution in [0.5, 0.6) is 0 Å². The highest BCUT2D eigenvalue weighted by atomic mass is 31.2. The molecule has 0 fully saturated rings. The molecule has 0 radical (unpaired) electrons. The molecule has 0 heterocycles. The predicted octanol–water partition coefficient (Wildman–Crippen LogP) is 22.5. The second kappa shape index (κ2) is 69.2. The van der Waals surface area contributed by atoms with Gasteiger partial charge in [-0.1, -0.05) is 349 Å². The van der Waals surface area contributed by atoms with E-state index in [4.69, 9.17) is 37.0 Å². The number of phosphoric acid groups is 2. The second-order valence-electron chi connectivity index (χ2n) is 27.9. The molecular formula is C76H148O17P2. The van der Waals surface area contributed by atoms with Crippen molar-refractivity contribution >= 4 is 39.5 Å². The SMILES string of the molecule is CCCCCCCCCCCCCCCCCCCCCC(=O)O[C@H](COC(=O)CCCCCCCCCCCCCCC)COP(=O)(O)OC[C@@H](O)COP(=O)(O)OC[C@@H](COC(=O)CCCCCCCCCC(C)C)OC(=O)CCCCCCCCCCCCCCC. The molecule has 0 bridgehead atoms. The van der Waals surface area contributed by atoms with Crippen molar-refractivity contribution in [3.63, 3.8) is 0 Å². The molecular weight excluding hydrogens is 1250 g/mol. The number of aliphatic hydroxyl groups excluding tert-OH is 1. The Balaban J connectivity index is 5.22. The van der Waals surface area contributed by atoms with Gasteiger partial charge in [-0.3, -0.25) is 37.3 Å². The first-order valence-electron chi connectivity index (χ1n) is 39.6. The van der Waals surface area contributed by atoms with Crippen LogP contribution in [0.4, 0.5) is 0 Å². The first-order valence-corrected chi connectivity index (χ1v) is 42.6. The quantitative estimate of drug-likeness (QED) is 0.0222. The Kier molecular flexibility index (Phi) is 67.7. The van der Waals surface area contributed by atoms with Crippen molar-refractivity contribution in [2.45, 2.75) is 419 Å². The molecule has 0 aromatic carbocycles. The summed E-state index contributed by atoms with van der Waals surface area (Å²) in [7, 11) is -9.91. The molecule has 0 saturated carbocycles. The fourth-order valence-corrected chi connectivity index (χ4v) is 13.3. The van der Waals surface area contributed by atoms with E-state index in [-0.39, 0.29) is 25.7 Å². The third kappa shape index (κ3) is 70.3. The molecule has 0 aromatic heterocycles. The van der Waals surface area contributed by atoms with Gasteiger partial charge < -0.3 is 33.8 Å². The summed E-state index contributed by atoms with van der Waals surface area (Å²) < 4.78 is 68.5. The Bertz CT molecular complexity index is 1820. The molecule has 17 nitrogen and oxygen atoms in total. The number of unbranched alkanes of at least 4 members (excludes halogenated alkanes) is 48. The smallest absolute Gasteiger partial charge is 0.462 e. The van der Waals surface area contributed by atoms with Crippen molar-refractivity contribution in [3.05, 3.63) is 0 Å². The van der Waals surface area contributed by atoms with E-state index in [2.05, 4.69) is 34.6 Å². The van der Waals surface area contributed by atoms with Gasteiger partial charge in [0, 0.05) is 25.7 Å². The van der Waals surface area contributed by atoms with E-state index in [1.807, 2.05) is 0 Å². The summed E-state index contributed by atoms with van der Waals surface area (Å²) in [6.45, 7) is 7.24. The molecule has 3 N–H and O–H groups in total. The average Bonchev–Trinajstić information content (AvgIpc) is 1.75. The van der Waals surface area contributed by atoms with Crippen LogP contribution in [0.1, 0.15) is 401 Å². The van der Waals surface area contributed by atoms with E-state index in [9.17, 15) is 43.2 Å². The molecule has 0 amide bonds. The van der Waals surface area contributed by atoms with Gasteiger partial charge in [0.1, 0.15) is 19.3 Å².